The van der Waals surface area contributed by atoms with E-state index in [9.17, 15) is 19.2 Å². The Balaban J connectivity index is 1.53. The molecule has 156 valence electrons. The number of nitrogens with zero attached hydrogens (tertiary/aromatic N) is 3. The fraction of sp³-hybridized carbons (Fsp3) is 0.500. The van der Waals surface area contributed by atoms with Crippen LogP contribution in [0.1, 0.15) is 25.3 Å². The Hall–Kier alpha value is -2.78. The first-order valence-corrected chi connectivity index (χ1v) is 9.85. The van der Waals surface area contributed by atoms with Gasteiger partial charge in [0.25, 0.3) is 0 Å². The summed E-state index contributed by atoms with van der Waals surface area (Å²) in [6, 6.07) is 6.67. The van der Waals surface area contributed by atoms with Crippen LogP contribution in [-0.2, 0) is 25.7 Å². The van der Waals surface area contributed by atoms with Gasteiger partial charge in [0, 0.05) is 31.9 Å². The molecule has 0 aromatic heterocycles. The number of amides is 5. The number of anilines is 1. The lowest BCUT2D eigenvalue weighted by atomic mass is 10.2. The van der Waals surface area contributed by atoms with Crippen molar-refractivity contribution in [3.05, 3.63) is 29.8 Å². The van der Waals surface area contributed by atoms with Crippen LogP contribution in [0.2, 0.25) is 0 Å². The first-order valence-electron chi connectivity index (χ1n) is 9.85. The Morgan fingerprint density at radius 3 is 2.34 bits per heavy atom. The molecule has 2 aliphatic rings. The van der Waals surface area contributed by atoms with E-state index in [1.165, 1.54) is 0 Å². The number of rotatable bonds is 8. The van der Waals surface area contributed by atoms with Crippen molar-refractivity contribution in [3.63, 3.8) is 0 Å². The standard InChI is InChI=1S/C20H26N4O5/c1-2-3-8-23-18(26)19(27)24(20(23)28)14-17(25)21-16-6-4-15(5-7-16)13-22-9-11-29-12-10-22/h4-7H,2-3,8-14H2,1H3,(H,21,25). The molecule has 9 heteroatoms. The van der Waals surface area contributed by atoms with Crippen molar-refractivity contribution >= 4 is 29.4 Å². The molecule has 0 saturated carbocycles. The molecule has 0 bridgehead atoms. The van der Waals surface area contributed by atoms with Crippen molar-refractivity contribution in [1.82, 2.24) is 14.7 Å². The Bertz CT molecular complexity index is 774. The van der Waals surface area contributed by atoms with Crippen LogP contribution in [0.3, 0.4) is 0 Å². The molecule has 29 heavy (non-hydrogen) atoms. The maximum Gasteiger partial charge on any atom is 0.334 e. The van der Waals surface area contributed by atoms with Gasteiger partial charge in [0.2, 0.25) is 5.91 Å². The van der Waals surface area contributed by atoms with E-state index >= 15 is 0 Å². The minimum atomic E-state index is -0.956. The summed E-state index contributed by atoms with van der Waals surface area (Å²) < 4.78 is 5.34. The van der Waals surface area contributed by atoms with E-state index in [-0.39, 0.29) is 6.54 Å². The summed E-state index contributed by atoms with van der Waals surface area (Å²) in [6.07, 6.45) is 1.40. The quantitative estimate of drug-likeness (QED) is 0.515. The average molecular weight is 402 g/mol. The van der Waals surface area contributed by atoms with Crippen molar-refractivity contribution in [2.75, 3.05) is 44.7 Å². The third-order valence-electron chi connectivity index (χ3n) is 4.92. The number of hydrogen-bond donors (Lipinski definition) is 1. The summed E-state index contributed by atoms with van der Waals surface area (Å²) >= 11 is 0. The van der Waals surface area contributed by atoms with Gasteiger partial charge in [-0.1, -0.05) is 25.5 Å². The third kappa shape index (κ3) is 5.18. The fourth-order valence-corrected chi connectivity index (χ4v) is 3.26. The predicted octanol–water partition coefficient (Wildman–Crippen LogP) is 1.05. The molecule has 5 amide bonds. The molecule has 0 spiro atoms. The molecule has 1 aromatic carbocycles. The van der Waals surface area contributed by atoms with E-state index in [1.54, 1.807) is 12.1 Å². The van der Waals surface area contributed by atoms with Crippen LogP contribution in [-0.4, -0.2) is 77.8 Å². The minimum absolute atomic E-state index is 0.183. The molecule has 2 fully saturated rings. The zero-order chi connectivity index (χ0) is 20.8. The Morgan fingerprint density at radius 1 is 1.03 bits per heavy atom. The van der Waals surface area contributed by atoms with Crippen molar-refractivity contribution in [3.8, 4) is 0 Å². The lowest BCUT2D eigenvalue weighted by Crippen LogP contribution is -2.39. The number of carbonyl (C=O) groups is 4. The maximum atomic E-state index is 12.3. The number of morpholine rings is 1. The fourth-order valence-electron chi connectivity index (χ4n) is 3.26. The molecule has 2 saturated heterocycles. The van der Waals surface area contributed by atoms with Crippen LogP contribution in [0.15, 0.2) is 24.3 Å². The molecular formula is C20H26N4O5. The lowest BCUT2D eigenvalue weighted by Gasteiger charge is -2.26. The highest BCUT2D eigenvalue weighted by molar-refractivity contribution is 6.45. The van der Waals surface area contributed by atoms with Crippen molar-refractivity contribution in [2.45, 2.75) is 26.3 Å². The Kier molecular flexibility index (Phi) is 6.95. The molecule has 0 aliphatic carbocycles. The van der Waals surface area contributed by atoms with Gasteiger partial charge >= 0.3 is 17.8 Å². The summed E-state index contributed by atoms with van der Waals surface area (Å²) in [4.78, 5) is 52.4. The maximum absolute atomic E-state index is 12.3. The number of ether oxygens (including phenoxy) is 1. The SMILES string of the molecule is CCCCN1C(=O)C(=O)N(CC(=O)Nc2ccc(CN3CCOCC3)cc2)C1=O. The van der Waals surface area contributed by atoms with Crippen molar-refractivity contribution < 1.29 is 23.9 Å². The first-order chi connectivity index (χ1) is 14.0. The number of hydrogen-bond acceptors (Lipinski definition) is 6. The summed E-state index contributed by atoms with van der Waals surface area (Å²) in [6.45, 7) is 5.69. The smallest absolute Gasteiger partial charge is 0.334 e. The molecule has 1 N–H and O–H groups in total. The highest BCUT2D eigenvalue weighted by Gasteiger charge is 2.44. The van der Waals surface area contributed by atoms with Crippen molar-refractivity contribution in [1.29, 1.82) is 0 Å². The molecule has 3 rings (SSSR count). The van der Waals surface area contributed by atoms with Gasteiger partial charge in [0.05, 0.1) is 13.2 Å². The summed E-state index contributed by atoms with van der Waals surface area (Å²) in [5, 5.41) is 2.67. The molecule has 9 nitrogen and oxygen atoms in total. The van der Waals surface area contributed by atoms with Crippen LogP contribution >= 0.6 is 0 Å². The van der Waals surface area contributed by atoms with E-state index in [1.807, 2.05) is 19.1 Å². The van der Waals surface area contributed by atoms with Crippen LogP contribution in [0, 0.1) is 0 Å². The van der Waals surface area contributed by atoms with Gasteiger partial charge in [-0.15, -0.1) is 0 Å². The van der Waals surface area contributed by atoms with Gasteiger partial charge in [-0.05, 0) is 24.1 Å². The highest BCUT2D eigenvalue weighted by atomic mass is 16.5. The second-order valence-electron chi connectivity index (χ2n) is 7.12. The molecular weight excluding hydrogens is 376 g/mol. The molecule has 2 heterocycles. The Labute approximate surface area is 169 Å². The van der Waals surface area contributed by atoms with Crippen LogP contribution in [0.25, 0.3) is 0 Å². The summed E-state index contributed by atoms with van der Waals surface area (Å²) in [7, 11) is 0. The monoisotopic (exact) mass is 402 g/mol. The van der Waals surface area contributed by atoms with E-state index in [2.05, 4.69) is 10.2 Å². The molecule has 0 radical (unpaired) electrons. The number of benzene rings is 1. The van der Waals surface area contributed by atoms with Crippen LogP contribution < -0.4 is 5.32 Å². The summed E-state index contributed by atoms with van der Waals surface area (Å²) in [5.41, 5.74) is 1.68. The highest BCUT2D eigenvalue weighted by Crippen LogP contribution is 2.15. The number of urea groups is 1. The topological polar surface area (TPSA) is 99.3 Å². The van der Waals surface area contributed by atoms with Gasteiger partial charge in [-0.3, -0.25) is 24.2 Å². The lowest BCUT2D eigenvalue weighted by molar-refractivity contribution is -0.143. The Morgan fingerprint density at radius 2 is 1.69 bits per heavy atom. The van der Waals surface area contributed by atoms with Gasteiger partial charge in [-0.2, -0.15) is 0 Å². The zero-order valence-electron chi connectivity index (χ0n) is 16.6. The van der Waals surface area contributed by atoms with Gasteiger partial charge in [0.1, 0.15) is 6.54 Å². The zero-order valence-corrected chi connectivity index (χ0v) is 16.6. The molecule has 0 atom stereocenters. The van der Waals surface area contributed by atoms with Gasteiger partial charge in [-0.25, -0.2) is 9.69 Å². The second kappa shape index (κ2) is 9.62. The van der Waals surface area contributed by atoms with Crippen LogP contribution in [0.5, 0.6) is 0 Å². The van der Waals surface area contributed by atoms with E-state index in [0.29, 0.717) is 17.0 Å². The largest absolute Gasteiger partial charge is 0.379 e. The number of imide groups is 2. The third-order valence-corrected chi connectivity index (χ3v) is 4.92. The number of carbonyl (C=O) groups excluding carboxylic acids is 4. The molecule has 1 aromatic rings. The number of unbranched alkanes of at least 4 members (excludes halogenated alkanes) is 1. The number of nitrogens with one attached hydrogen (secondary N) is 1. The normalized spacial score (nSPS) is 17.9. The van der Waals surface area contributed by atoms with Gasteiger partial charge in [0.15, 0.2) is 0 Å². The van der Waals surface area contributed by atoms with Crippen LogP contribution in [0.4, 0.5) is 10.5 Å². The van der Waals surface area contributed by atoms with E-state index in [4.69, 9.17) is 4.74 Å². The second-order valence-corrected chi connectivity index (χ2v) is 7.12. The van der Waals surface area contributed by atoms with Gasteiger partial charge < -0.3 is 10.1 Å². The minimum Gasteiger partial charge on any atom is -0.379 e. The first kappa shape index (κ1) is 20.9. The van der Waals surface area contributed by atoms with E-state index < -0.39 is 30.3 Å². The molecule has 0 unspecified atom stereocenters. The van der Waals surface area contributed by atoms with Crippen molar-refractivity contribution in [2.24, 2.45) is 0 Å². The summed E-state index contributed by atoms with van der Waals surface area (Å²) in [5.74, 6) is -2.36. The molecule has 2 aliphatic heterocycles. The predicted molar refractivity (Wildman–Crippen MR) is 105 cm³/mol. The van der Waals surface area contributed by atoms with E-state index in [0.717, 1.165) is 49.7 Å². The average Bonchev–Trinajstić information content (AvgIpc) is 2.92.